The minimum absolute atomic E-state index is 0.0936. The molecule has 2 unspecified atom stereocenters. The third-order valence-corrected chi connectivity index (χ3v) is 9.91. The summed E-state index contributed by atoms with van der Waals surface area (Å²) in [6.45, 7) is 1.85. The largest absolute Gasteiger partial charge is 0.497 e. The lowest BCUT2D eigenvalue weighted by atomic mass is 9.86. The molecule has 4 aromatic rings. The van der Waals surface area contributed by atoms with Crippen molar-refractivity contribution in [2.45, 2.75) is 22.1 Å². The van der Waals surface area contributed by atoms with Crippen LogP contribution in [0.5, 0.6) is 5.75 Å². The molecule has 1 fully saturated rings. The van der Waals surface area contributed by atoms with Gasteiger partial charge in [0, 0.05) is 17.7 Å². The molecule has 0 aliphatic carbocycles. The highest BCUT2D eigenvalue weighted by Gasteiger charge is 2.53. The Labute approximate surface area is 238 Å². The van der Waals surface area contributed by atoms with Gasteiger partial charge in [0.1, 0.15) is 15.9 Å². The fraction of sp³-hybridized carbons (Fsp3) is 0.143. The highest BCUT2D eigenvalue weighted by molar-refractivity contribution is 7.93. The molecule has 0 spiro atoms. The topological polar surface area (TPSA) is 154 Å². The van der Waals surface area contributed by atoms with Crippen LogP contribution < -0.4 is 9.64 Å². The number of thiazole rings is 1. The molecule has 11 nitrogen and oxygen atoms in total. The van der Waals surface area contributed by atoms with Crippen LogP contribution in [-0.4, -0.2) is 42.9 Å². The smallest absolute Gasteiger partial charge is 0.297 e. The van der Waals surface area contributed by atoms with Crippen molar-refractivity contribution in [3.63, 3.8) is 0 Å². The van der Waals surface area contributed by atoms with E-state index < -0.39 is 44.2 Å². The number of ether oxygens (including phenoxy) is 1. The molecular weight excluding hydrogens is 570 g/mol. The van der Waals surface area contributed by atoms with Gasteiger partial charge in [-0.25, -0.2) is 13.4 Å². The van der Waals surface area contributed by atoms with Gasteiger partial charge >= 0.3 is 0 Å². The maximum absolute atomic E-state index is 13.6. The Kier molecular flexibility index (Phi) is 7.24. The van der Waals surface area contributed by atoms with Crippen LogP contribution >= 0.6 is 11.3 Å². The van der Waals surface area contributed by atoms with Crippen molar-refractivity contribution in [2.24, 2.45) is 5.92 Å². The van der Waals surface area contributed by atoms with E-state index in [0.29, 0.717) is 22.6 Å². The Bertz CT molecular complexity index is 1780. The van der Waals surface area contributed by atoms with E-state index in [1.165, 1.54) is 7.11 Å². The number of nitro groups is 1. The highest BCUT2D eigenvalue weighted by atomic mass is 32.2. The molecule has 0 bridgehead atoms. The predicted molar refractivity (Wildman–Crippen MR) is 148 cm³/mol. The van der Waals surface area contributed by atoms with E-state index in [9.17, 15) is 32.9 Å². The molecule has 5 rings (SSSR count). The number of Topliss-reactive ketones (excluding diaryl/α,β-unsaturated/α-hetero) is 2. The number of nitro benzene ring substituents is 1. The molecule has 208 valence electrons. The molecule has 1 aliphatic heterocycles. The fourth-order valence-electron chi connectivity index (χ4n) is 4.53. The summed E-state index contributed by atoms with van der Waals surface area (Å²) in [5.74, 6) is -3.38. The predicted octanol–water partition coefficient (Wildman–Crippen LogP) is 4.36. The number of carbonyl (C=O) groups is 3. The van der Waals surface area contributed by atoms with Gasteiger partial charge in [0.2, 0.25) is 15.6 Å². The zero-order valence-electron chi connectivity index (χ0n) is 21.6. The number of ketones is 2. The van der Waals surface area contributed by atoms with Gasteiger partial charge < -0.3 is 4.74 Å². The van der Waals surface area contributed by atoms with E-state index in [2.05, 4.69) is 4.98 Å². The standard InChI is InChI=1S/C28H21N3O8S2/c1-16-3-5-18(6-4-16)25(32)23-24(17-7-11-20(39-2)12-8-17)30(27(34)26(23)33)28-29-15-22(40-28)41(37,38)21-13-9-19(10-14-21)31(35)36/h3-15,23-24H,1-2H3. The van der Waals surface area contributed by atoms with Crippen molar-refractivity contribution in [1.82, 2.24) is 4.98 Å². The number of non-ortho nitro benzene ring substituents is 1. The van der Waals surface area contributed by atoms with Crippen molar-refractivity contribution >= 4 is 49.5 Å². The van der Waals surface area contributed by atoms with E-state index >= 15 is 0 Å². The number of amides is 1. The molecule has 13 heteroatoms. The van der Waals surface area contributed by atoms with Gasteiger partial charge in [-0.3, -0.25) is 29.4 Å². The van der Waals surface area contributed by atoms with E-state index in [4.69, 9.17) is 4.74 Å². The SMILES string of the molecule is COc1ccc(C2C(C(=O)c3ccc(C)cc3)C(=O)C(=O)N2c2ncc(S(=O)(=O)c3ccc([N+](=O)[O-])cc3)s2)cc1. The average molecular weight is 592 g/mol. The molecule has 2 atom stereocenters. The summed E-state index contributed by atoms with van der Waals surface area (Å²) < 4.78 is 31.5. The quantitative estimate of drug-likeness (QED) is 0.0956. The number of nitrogens with zero attached hydrogens (tertiary/aromatic N) is 3. The molecule has 1 amide bonds. The van der Waals surface area contributed by atoms with Crippen LogP contribution in [0.1, 0.15) is 27.5 Å². The Morgan fingerprint density at radius 3 is 2.22 bits per heavy atom. The molecule has 0 N–H and O–H groups in total. The Balaban J connectivity index is 1.57. The summed E-state index contributed by atoms with van der Waals surface area (Å²) in [6, 6.07) is 16.4. The van der Waals surface area contributed by atoms with Gasteiger partial charge in [0.25, 0.3) is 11.6 Å². The average Bonchev–Trinajstić information content (AvgIpc) is 3.56. The molecule has 1 aromatic heterocycles. The summed E-state index contributed by atoms with van der Waals surface area (Å²) in [5.41, 5.74) is 1.34. The van der Waals surface area contributed by atoms with E-state index in [0.717, 1.165) is 40.9 Å². The zero-order valence-corrected chi connectivity index (χ0v) is 23.2. The second kappa shape index (κ2) is 10.7. The van der Waals surface area contributed by atoms with Crippen molar-refractivity contribution in [3.8, 4) is 5.75 Å². The van der Waals surface area contributed by atoms with Crippen LogP contribution in [0.3, 0.4) is 0 Å². The van der Waals surface area contributed by atoms with E-state index in [-0.39, 0.29) is 25.5 Å². The normalized spacial score (nSPS) is 17.1. The maximum atomic E-state index is 13.6. The van der Waals surface area contributed by atoms with Crippen LogP contribution in [0.25, 0.3) is 0 Å². The molecule has 1 aliphatic rings. The fourth-order valence-corrected chi connectivity index (χ4v) is 7.08. The third kappa shape index (κ3) is 5.00. The van der Waals surface area contributed by atoms with Crippen LogP contribution in [0, 0.1) is 23.0 Å². The van der Waals surface area contributed by atoms with Crippen molar-refractivity contribution in [1.29, 1.82) is 0 Å². The van der Waals surface area contributed by atoms with Gasteiger partial charge in [0.15, 0.2) is 10.9 Å². The highest BCUT2D eigenvalue weighted by Crippen LogP contribution is 2.44. The number of carbonyl (C=O) groups excluding carboxylic acids is 3. The summed E-state index contributed by atoms with van der Waals surface area (Å²) >= 11 is 0.650. The number of sulfone groups is 1. The lowest BCUT2D eigenvalue weighted by Crippen LogP contribution is -2.30. The van der Waals surface area contributed by atoms with E-state index in [1.54, 1.807) is 48.5 Å². The maximum Gasteiger partial charge on any atom is 0.297 e. The number of rotatable bonds is 8. The Hall–Kier alpha value is -4.75. The number of aromatic nitrogens is 1. The van der Waals surface area contributed by atoms with Gasteiger partial charge in [-0.05, 0) is 36.8 Å². The first-order chi connectivity index (χ1) is 19.5. The molecule has 2 heterocycles. The van der Waals surface area contributed by atoms with E-state index in [1.807, 2.05) is 6.92 Å². The first-order valence-corrected chi connectivity index (χ1v) is 14.4. The third-order valence-electron chi connectivity index (χ3n) is 6.68. The van der Waals surface area contributed by atoms with Crippen LogP contribution in [0.15, 0.2) is 88.1 Å². The number of anilines is 1. The molecule has 1 saturated heterocycles. The summed E-state index contributed by atoms with van der Waals surface area (Å²) in [5, 5.41) is 10.9. The minimum atomic E-state index is -4.16. The first-order valence-electron chi connectivity index (χ1n) is 12.1. The van der Waals surface area contributed by atoms with Crippen molar-refractivity contribution in [2.75, 3.05) is 12.0 Å². The molecular formula is C28H21N3O8S2. The Morgan fingerprint density at radius 2 is 1.63 bits per heavy atom. The second-order valence-corrected chi connectivity index (χ2v) is 12.4. The van der Waals surface area contributed by atoms with Crippen LogP contribution in [-0.2, 0) is 19.4 Å². The van der Waals surface area contributed by atoms with Crippen molar-refractivity contribution < 1.29 is 32.5 Å². The molecule has 0 saturated carbocycles. The minimum Gasteiger partial charge on any atom is -0.497 e. The van der Waals surface area contributed by atoms with Crippen LogP contribution in [0.2, 0.25) is 0 Å². The molecule has 0 radical (unpaired) electrons. The first kappa shape index (κ1) is 27.8. The number of benzene rings is 3. The zero-order chi connectivity index (χ0) is 29.5. The van der Waals surface area contributed by atoms with Gasteiger partial charge in [-0.15, -0.1) is 0 Å². The number of hydrogen-bond donors (Lipinski definition) is 0. The Morgan fingerprint density at radius 1 is 1.00 bits per heavy atom. The lowest BCUT2D eigenvalue weighted by molar-refractivity contribution is -0.384. The lowest BCUT2D eigenvalue weighted by Gasteiger charge is -2.25. The summed E-state index contributed by atoms with van der Waals surface area (Å²) in [6.07, 6.45) is 1.05. The monoisotopic (exact) mass is 591 g/mol. The van der Waals surface area contributed by atoms with Gasteiger partial charge in [0.05, 0.1) is 29.2 Å². The number of aryl methyl sites for hydroxylation is 1. The van der Waals surface area contributed by atoms with Crippen LogP contribution in [0.4, 0.5) is 10.8 Å². The summed E-state index contributed by atoms with van der Waals surface area (Å²) in [4.78, 5) is 55.7. The van der Waals surface area contributed by atoms with Gasteiger partial charge in [-0.1, -0.05) is 53.3 Å². The molecule has 41 heavy (non-hydrogen) atoms. The second-order valence-electron chi connectivity index (χ2n) is 9.18. The van der Waals surface area contributed by atoms with Gasteiger partial charge in [-0.2, -0.15) is 0 Å². The van der Waals surface area contributed by atoms with Crippen molar-refractivity contribution in [3.05, 3.63) is 106 Å². The summed E-state index contributed by atoms with van der Waals surface area (Å²) in [7, 11) is -2.68. The number of methoxy groups -OCH3 is 1. The number of hydrogen-bond acceptors (Lipinski definition) is 10. The molecule has 3 aromatic carbocycles.